The Hall–Kier alpha value is -3.02. The molecule has 0 unspecified atom stereocenters. The molecular weight excluding hydrogens is 376 g/mol. The van der Waals surface area contributed by atoms with E-state index in [1.54, 1.807) is 0 Å². The monoisotopic (exact) mass is 404 g/mol. The number of aryl methyl sites for hydroxylation is 2. The van der Waals surface area contributed by atoms with E-state index in [9.17, 15) is 4.79 Å². The summed E-state index contributed by atoms with van der Waals surface area (Å²) >= 11 is 0. The molecule has 3 aromatic rings. The van der Waals surface area contributed by atoms with Crippen LogP contribution in [0.1, 0.15) is 37.4 Å². The zero-order chi connectivity index (χ0) is 20.7. The van der Waals surface area contributed by atoms with Crippen LogP contribution < -0.4 is 10.1 Å². The molecule has 0 radical (unpaired) electrons. The first kappa shape index (κ1) is 19.0. The van der Waals surface area contributed by atoms with Gasteiger partial charge in [0.15, 0.2) is 0 Å². The van der Waals surface area contributed by atoms with Gasteiger partial charge in [0.05, 0.1) is 5.52 Å². The van der Waals surface area contributed by atoms with Gasteiger partial charge in [-0.1, -0.05) is 12.1 Å². The van der Waals surface area contributed by atoms with E-state index < -0.39 is 0 Å². The Morgan fingerprint density at radius 3 is 2.80 bits per heavy atom. The molecule has 1 spiro atoms. The predicted molar refractivity (Wildman–Crippen MR) is 117 cm³/mol. The molecule has 0 atom stereocenters. The number of fused-ring (bicyclic) bond motifs is 2. The van der Waals surface area contributed by atoms with Crippen LogP contribution in [0, 0.1) is 6.92 Å². The Morgan fingerprint density at radius 2 is 2.00 bits per heavy atom. The Labute approximate surface area is 176 Å². The van der Waals surface area contributed by atoms with Crippen molar-refractivity contribution in [2.45, 2.75) is 45.1 Å². The Balaban J connectivity index is 1.35. The van der Waals surface area contributed by atoms with E-state index in [1.807, 2.05) is 28.6 Å². The standard InChI is InChI=1S/C24H28N4O2/c1-3-25-23(29)27-14-11-24(12-15-27)10-8-19-16-18(4-7-22(19)30-24)21-6-5-20-9-13-26-28(20)17(21)2/h4-7,9,13,16H,3,8,10-12,14-15H2,1-2H3,(H,25,29). The highest BCUT2D eigenvalue weighted by atomic mass is 16.5. The van der Waals surface area contributed by atoms with Crippen molar-refractivity contribution in [1.29, 1.82) is 0 Å². The second-order valence-electron chi connectivity index (χ2n) is 8.43. The van der Waals surface area contributed by atoms with Crippen LogP contribution in [0.2, 0.25) is 0 Å². The van der Waals surface area contributed by atoms with Crippen molar-refractivity contribution in [1.82, 2.24) is 19.8 Å². The van der Waals surface area contributed by atoms with Gasteiger partial charge in [0.1, 0.15) is 11.4 Å². The summed E-state index contributed by atoms with van der Waals surface area (Å²) in [5.41, 5.74) is 5.78. The fraction of sp³-hybridized carbons (Fsp3) is 0.417. The molecule has 30 heavy (non-hydrogen) atoms. The van der Waals surface area contributed by atoms with Gasteiger partial charge in [-0.05, 0) is 62.1 Å². The number of benzene rings is 1. The Bertz CT molecular complexity index is 1100. The summed E-state index contributed by atoms with van der Waals surface area (Å²) < 4.78 is 8.54. The zero-order valence-corrected chi connectivity index (χ0v) is 17.6. The van der Waals surface area contributed by atoms with Crippen molar-refractivity contribution in [3.05, 3.63) is 53.9 Å². The van der Waals surface area contributed by atoms with Crippen LogP contribution in [0.25, 0.3) is 16.6 Å². The van der Waals surface area contributed by atoms with Gasteiger partial charge >= 0.3 is 6.03 Å². The van der Waals surface area contributed by atoms with Crippen LogP contribution in [-0.2, 0) is 6.42 Å². The normalized spacial score (nSPS) is 17.6. The van der Waals surface area contributed by atoms with Gasteiger partial charge in [-0.3, -0.25) is 0 Å². The van der Waals surface area contributed by atoms with Crippen LogP contribution in [-0.4, -0.2) is 45.8 Å². The van der Waals surface area contributed by atoms with Gasteiger partial charge in [0.25, 0.3) is 0 Å². The molecule has 1 fully saturated rings. The lowest BCUT2D eigenvalue weighted by Crippen LogP contribution is -2.53. The molecule has 2 aliphatic heterocycles. The average molecular weight is 405 g/mol. The van der Waals surface area contributed by atoms with Gasteiger partial charge in [0.2, 0.25) is 0 Å². The summed E-state index contributed by atoms with van der Waals surface area (Å²) in [7, 11) is 0. The number of ether oxygens (including phenoxy) is 1. The molecule has 2 aromatic heterocycles. The quantitative estimate of drug-likeness (QED) is 0.696. The zero-order valence-electron chi connectivity index (χ0n) is 17.6. The van der Waals surface area contributed by atoms with E-state index in [2.05, 4.69) is 47.7 Å². The van der Waals surface area contributed by atoms with Crippen molar-refractivity contribution in [3.8, 4) is 16.9 Å². The van der Waals surface area contributed by atoms with Gasteiger partial charge < -0.3 is 15.0 Å². The van der Waals surface area contributed by atoms with Crippen molar-refractivity contribution in [2.75, 3.05) is 19.6 Å². The van der Waals surface area contributed by atoms with E-state index in [4.69, 9.17) is 4.74 Å². The minimum Gasteiger partial charge on any atom is -0.487 e. The molecule has 1 N–H and O–H groups in total. The number of aromatic nitrogens is 2. The molecule has 0 aliphatic carbocycles. The molecule has 0 saturated carbocycles. The van der Waals surface area contributed by atoms with Gasteiger partial charge in [-0.25, -0.2) is 9.31 Å². The van der Waals surface area contributed by atoms with Gasteiger partial charge in [-0.15, -0.1) is 0 Å². The summed E-state index contributed by atoms with van der Waals surface area (Å²) in [5, 5.41) is 7.34. The lowest BCUT2D eigenvalue weighted by molar-refractivity contribution is -0.00543. The second-order valence-corrected chi connectivity index (χ2v) is 8.43. The van der Waals surface area contributed by atoms with E-state index in [1.165, 1.54) is 16.7 Å². The van der Waals surface area contributed by atoms with Crippen molar-refractivity contribution < 1.29 is 9.53 Å². The molecule has 1 saturated heterocycles. The van der Waals surface area contributed by atoms with E-state index >= 15 is 0 Å². The number of nitrogens with one attached hydrogen (secondary N) is 1. The third kappa shape index (κ3) is 3.20. The second kappa shape index (κ2) is 7.35. The lowest BCUT2D eigenvalue weighted by atomic mass is 9.82. The topological polar surface area (TPSA) is 58.9 Å². The number of carbonyl (C=O) groups excluding carboxylic acids is 1. The number of hydrogen-bond acceptors (Lipinski definition) is 3. The van der Waals surface area contributed by atoms with Crippen molar-refractivity contribution in [2.24, 2.45) is 0 Å². The third-order valence-electron chi connectivity index (χ3n) is 6.64. The minimum absolute atomic E-state index is 0.0396. The number of piperidine rings is 1. The number of urea groups is 1. The highest BCUT2D eigenvalue weighted by Gasteiger charge is 2.40. The fourth-order valence-corrected chi connectivity index (χ4v) is 4.85. The SMILES string of the molecule is CCNC(=O)N1CCC2(CCc3cc(-c4ccc5ccnn5c4C)ccc3O2)CC1. The molecule has 2 aliphatic rings. The van der Waals surface area contributed by atoms with E-state index in [0.717, 1.165) is 55.7 Å². The van der Waals surface area contributed by atoms with E-state index in [0.29, 0.717) is 6.54 Å². The highest BCUT2D eigenvalue weighted by molar-refractivity contribution is 5.74. The molecular formula is C24H28N4O2. The number of nitrogens with zero attached hydrogens (tertiary/aromatic N) is 3. The molecule has 1 aromatic carbocycles. The summed E-state index contributed by atoms with van der Waals surface area (Å²) in [6.07, 6.45) is 5.63. The third-order valence-corrected chi connectivity index (χ3v) is 6.64. The summed E-state index contributed by atoms with van der Waals surface area (Å²) in [6, 6.07) is 12.9. The molecule has 0 bridgehead atoms. The number of hydrogen-bond donors (Lipinski definition) is 1. The number of carbonyl (C=O) groups is 1. The highest BCUT2D eigenvalue weighted by Crippen LogP contribution is 2.41. The average Bonchev–Trinajstić information content (AvgIpc) is 3.24. The number of likely N-dealkylation sites (tertiary alicyclic amines) is 1. The van der Waals surface area contributed by atoms with Crippen molar-refractivity contribution >= 4 is 11.5 Å². The lowest BCUT2D eigenvalue weighted by Gasteiger charge is -2.44. The van der Waals surface area contributed by atoms with Crippen LogP contribution in [0.3, 0.4) is 0 Å². The number of rotatable bonds is 2. The molecule has 6 nitrogen and oxygen atoms in total. The number of pyridine rings is 1. The summed E-state index contributed by atoms with van der Waals surface area (Å²) in [6.45, 7) is 6.24. The summed E-state index contributed by atoms with van der Waals surface area (Å²) in [4.78, 5) is 14.0. The maximum absolute atomic E-state index is 12.1. The smallest absolute Gasteiger partial charge is 0.317 e. The Kier molecular flexibility index (Phi) is 4.65. The number of amides is 2. The van der Waals surface area contributed by atoms with Crippen LogP contribution in [0.4, 0.5) is 4.79 Å². The maximum Gasteiger partial charge on any atom is 0.317 e. The van der Waals surface area contributed by atoms with Gasteiger partial charge in [-0.2, -0.15) is 5.10 Å². The first-order chi connectivity index (χ1) is 14.6. The molecule has 2 amide bonds. The minimum atomic E-state index is -0.138. The fourth-order valence-electron chi connectivity index (χ4n) is 4.85. The van der Waals surface area contributed by atoms with Crippen molar-refractivity contribution in [3.63, 3.8) is 0 Å². The molecule has 5 rings (SSSR count). The largest absolute Gasteiger partial charge is 0.487 e. The molecule has 6 heteroatoms. The maximum atomic E-state index is 12.1. The molecule has 4 heterocycles. The Morgan fingerprint density at radius 1 is 1.17 bits per heavy atom. The van der Waals surface area contributed by atoms with Gasteiger partial charge in [0, 0.05) is 49.9 Å². The first-order valence-electron chi connectivity index (χ1n) is 10.9. The molecule has 156 valence electrons. The van der Waals surface area contributed by atoms with E-state index in [-0.39, 0.29) is 11.6 Å². The summed E-state index contributed by atoms with van der Waals surface area (Å²) in [5.74, 6) is 0.995. The van der Waals surface area contributed by atoms with Crippen LogP contribution >= 0.6 is 0 Å². The van der Waals surface area contributed by atoms with Crippen LogP contribution in [0.5, 0.6) is 5.75 Å². The predicted octanol–water partition coefficient (Wildman–Crippen LogP) is 4.20. The van der Waals surface area contributed by atoms with Crippen LogP contribution in [0.15, 0.2) is 42.6 Å². The first-order valence-corrected chi connectivity index (χ1v) is 10.9.